The lowest BCUT2D eigenvalue weighted by atomic mass is 9.45. The Morgan fingerprint density at radius 2 is 2.21 bits per heavy atom. The average molecular weight is 410 g/mol. The average Bonchev–Trinajstić information content (AvgIpc) is 2.65. The monoisotopic (exact) mass is 409 g/mol. The van der Waals surface area contributed by atoms with Crippen LogP contribution in [0.4, 0.5) is 5.69 Å². The minimum atomic E-state index is -0.432. The van der Waals surface area contributed by atoms with Gasteiger partial charge in [-0.05, 0) is 36.0 Å². The molecule has 1 aromatic heterocycles. The molecule has 154 valence electrons. The topological polar surface area (TPSA) is 108 Å². The van der Waals surface area contributed by atoms with Gasteiger partial charge in [-0.2, -0.15) is 5.10 Å². The van der Waals surface area contributed by atoms with Crippen LogP contribution in [0.2, 0.25) is 5.02 Å². The number of aryl methyl sites for hydroxylation is 1. The van der Waals surface area contributed by atoms with E-state index in [4.69, 9.17) is 11.6 Å². The Kier molecular flexibility index (Phi) is 5.98. The summed E-state index contributed by atoms with van der Waals surface area (Å²) in [5, 5.41) is 16.1. The number of hydrogen-bond donors (Lipinski definition) is 3. The number of halogens is 1. The van der Waals surface area contributed by atoms with Crippen molar-refractivity contribution in [2.45, 2.75) is 52.5 Å². The fourth-order valence-electron chi connectivity index (χ4n) is 4.77. The Labute approximate surface area is 169 Å². The largest absolute Gasteiger partial charge is 0.398 e. The summed E-state index contributed by atoms with van der Waals surface area (Å²) in [6.45, 7) is 6.95. The van der Waals surface area contributed by atoms with Crippen molar-refractivity contribution < 1.29 is 9.63 Å². The molecule has 3 aliphatic rings. The summed E-state index contributed by atoms with van der Waals surface area (Å²) >= 11 is 6.30. The zero-order valence-electron chi connectivity index (χ0n) is 16.7. The number of H-pyrrole nitrogens is 1. The first-order valence-corrected chi connectivity index (χ1v) is 10.0. The summed E-state index contributed by atoms with van der Waals surface area (Å²) in [6, 6.07) is 0.235. The van der Waals surface area contributed by atoms with E-state index in [-0.39, 0.29) is 23.4 Å². The van der Waals surface area contributed by atoms with Gasteiger partial charge in [0.15, 0.2) is 0 Å². The van der Waals surface area contributed by atoms with Gasteiger partial charge in [-0.15, -0.1) is 0 Å². The van der Waals surface area contributed by atoms with Crippen molar-refractivity contribution in [3.63, 3.8) is 0 Å². The first-order valence-electron chi connectivity index (χ1n) is 9.63. The minimum absolute atomic E-state index is 0.0945. The number of anilines is 1. The van der Waals surface area contributed by atoms with Crippen molar-refractivity contribution in [1.82, 2.24) is 15.5 Å². The summed E-state index contributed by atoms with van der Waals surface area (Å²) < 4.78 is 0. The van der Waals surface area contributed by atoms with Crippen molar-refractivity contribution in [1.29, 1.82) is 0 Å². The molecule has 1 amide bonds. The second kappa shape index (κ2) is 8.11. The van der Waals surface area contributed by atoms with E-state index in [1.54, 1.807) is 0 Å². The molecule has 3 N–H and O–H groups in total. The molecule has 9 heteroatoms. The number of hydrogen-bond acceptors (Lipinski definition) is 6. The lowest BCUT2D eigenvalue weighted by molar-refractivity contribution is -0.119. The summed E-state index contributed by atoms with van der Waals surface area (Å²) in [5.41, 5.74) is 1.06. The normalized spacial score (nSPS) is 27.9. The maximum Gasteiger partial charge on any atom is 0.285 e. The van der Waals surface area contributed by atoms with Gasteiger partial charge in [0.1, 0.15) is 18.5 Å². The smallest absolute Gasteiger partial charge is 0.285 e. The van der Waals surface area contributed by atoms with Gasteiger partial charge in [-0.1, -0.05) is 37.5 Å². The molecular formula is C19H28ClN5O3. The van der Waals surface area contributed by atoms with Crippen LogP contribution in [0.15, 0.2) is 9.95 Å². The van der Waals surface area contributed by atoms with Gasteiger partial charge in [0.05, 0.1) is 11.4 Å². The number of nitrogens with zero attached hydrogens (tertiary/aromatic N) is 2. The van der Waals surface area contributed by atoms with Crippen molar-refractivity contribution in [3.8, 4) is 0 Å². The van der Waals surface area contributed by atoms with Gasteiger partial charge in [0.25, 0.3) is 5.56 Å². The first-order chi connectivity index (χ1) is 13.3. The van der Waals surface area contributed by atoms with E-state index in [0.717, 1.165) is 6.42 Å². The van der Waals surface area contributed by atoms with Gasteiger partial charge in [-0.3, -0.25) is 9.59 Å². The molecule has 2 bridgehead atoms. The number of fused-ring (bicyclic) bond motifs is 2. The van der Waals surface area contributed by atoms with Gasteiger partial charge >= 0.3 is 0 Å². The number of carbonyl (C=O) groups excluding carboxylic acids is 1. The third-order valence-corrected chi connectivity index (χ3v) is 7.02. The Morgan fingerprint density at radius 1 is 1.46 bits per heavy atom. The molecule has 3 fully saturated rings. The first kappa shape index (κ1) is 20.6. The van der Waals surface area contributed by atoms with Crippen LogP contribution in [-0.2, 0) is 16.1 Å². The lowest BCUT2D eigenvalue weighted by Crippen LogP contribution is -2.58. The molecule has 3 aliphatic carbocycles. The third kappa shape index (κ3) is 3.87. The SMILES string of the molecule is CON=CNC(=O)CCc1n[nH]c(=O)c(Cl)c1N[C@@H]1C[C@@H]2C[C@H]([C@H]1C)C2(C)C. The fraction of sp³-hybridized carbons (Fsp3) is 0.684. The van der Waals surface area contributed by atoms with E-state index in [1.807, 2.05) is 0 Å². The second-order valence-electron chi connectivity index (χ2n) is 8.38. The van der Waals surface area contributed by atoms with Crippen molar-refractivity contribution in [2.24, 2.45) is 28.3 Å². The van der Waals surface area contributed by atoms with Crippen LogP contribution in [0.5, 0.6) is 0 Å². The molecule has 1 heterocycles. The molecule has 0 aromatic carbocycles. The zero-order valence-corrected chi connectivity index (χ0v) is 17.5. The summed E-state index contributed by atoms with van der Waals surface area (Å²) in [7, 11) is 1.39. The van der Waals surface area contributed by atoms with Crippen LogP contribution in [0, 0.1) is 23.2 Å². The Bertz CT molecular complexity index is 822. The van der Waals surface area contributed by atoms with Gasteiger partial charge in [-0.25, -0.2) is 5.10 Å². The molecule has 4 rings (SSSR count). The fourth-order valence-corrected chi connectivity index (χ4v) is 4.98. The maximum atomic E-state index is 12.0. The van der Waals surface area contributed by atoms with Crippen LogP contribution >= 0.6 is 11.6 Å². The van der Waals surface area contributed by atoms with Crippen molar-refractivity contribution in [3.05, 3.63) is 21.1 Å². The number of carbonyl (C=O) groups is 1. The Morgan fingerprint density at radius 3 is 2.86 bits per heavy atom. The van der Waals surface area contributed by atoms with E-state index in [1.165, 1.54) is 19.9 Å². The van der Waals surface area contributed by atoms with Crippen LogP contribution in [0.25, 0.3) is 0 Å². The van der Waals surface area contributed by atoms with Crippen LogP contribution in [0.1, 0.15) is 45.7 Å². The molecule has 3 saturated carbocycles. The Balaban J connectivity index is 1.72. The number of oxime groups is 1. The molecule has 4 atom stereocenters. The standard InChI is InChI=1S/C19H28ClN5O3/c1-10-12-7-11(19(12,2)3)8-14(10)23-17-13(24-25-18(27)16(17)20)5-6-15(26)21-9-22-28-4/h9-12,14H,5-8H2,1-4H3,(H,21,22,26)(H2,23,25,27)/t10-,11+,12-,14-/m1/s1. The summed E-state index contributed by atoms with van der Waals surface area (Å²) in [4.78, 5) is 28.4. The maximum absolute atomic E-state index is 12.0. The van der Waals surface area contributed by atoms with Gasteiger partial charge in [0, 0.05) is 18.9 Å². The Hall–Kier alpha value is -2.09. The molecule has 0 aliphatic heterocycles. The summed E-state index contributed by atoms with van der Waals surface area (Å²) in [5.74, 6) is 1.57. The predicted molar refractivity (Wildman–Crippen MR) is 108 cm³/mol. The molecule has 8 nitrogen and oxygen atoms in total. The second-order valence-corrected chi connectivity index (χ2v) is 8.76. The quantitative estimate of drug-likeness (QED) is 0.364. The van der Waals surface area contributed by atoms with Crippen LogP contribution in [-0.4, -0.2) is 35.6 Å². The number of aromatic nitrogens is 2. The molecule has 0 unspecified atom stereocenters. The molecule has 28 heavy (non-hydrogen) atoms. The highest BCUT2D eigenvalue weighted by molar-refractivity contribution is 6.33. The predicted octanol–water partition coefficient (Wildman–Crippen LogP) is 2.54. The molecule has 1 aromatic rings. The van der Waals surface area contributed by atoms with Crippen molar-refractivity contribution in [2.75, 3.05) is 12.4 Å². The highest BCUT2D eigenvalue weighted by Gasteiger charge is 2.56. The van der Waals surface area contributed by atoms with Gasteiger partial charge < -0.3 is 15.5 Å². The van der Waals surface area contributed by atoms with Crippen LogP contribution in [0.3, 0.4) is 0 Å². The lowest BCUT2D eigenvalue weighted by Gasteiger charge is -2.62. The number of amides is 1. The molecular weight excluding hydrogens is 382 g/mol. The number of rotatable bonds is 7. The highest BCUT2D eigenvalue weighted by Crippen LogP contribution is 2.61. The van der Waals surface area contributed by atoms with E-state index in [2.05, 4.69) is 51.6 Å². The van der Waals surface area contributed by atoms with E-state index in [0.29, 0.717) is 41.0 Å². The van der Waals surface area contributed by atoms with Crippen LogP contribution < -0.4 is 16.2 Å². The molecule has 0 saturated heterocycles. The van der Waals surface area contributed by atoms with E-state index < -0.39 is 5.56 Å². The molecule has 0 spiro atoms. The number of nitrogens with one attached hydrogen (secondary N) is 3. The molecule has 0 radical (unpaired) electrons. The van der Waals surface area contributed by atoms with Gasteiger partial charge in [0.2, 0.25) is 5.91 Å². The van der Waals surface area contributed by atoms with Crippen molar-refractivity contribution >= 4 is 29.5 Å². The minimum Gasteiger partial charge on any atom is -0.398 e. The third-order valence-electron chi connectivity index (χ3n) is 6.66. The van der Waals surface area contributed by atoms with E-state index in [9.17, 15) is 9.59 Å². The summed E-state index contributed by atoms with van der Waals surface area (Å²) in [6.07, 6.45) is 4.01. The highest BCUT2D eigenvalue weighted by atomic mass is 35.5. The van der Waals surface area contributed by atoms with E-state index >= 15 is 0 Å². The number of aromatic amines is 1. The zero-order chi connectivity index (χ0) is 20.5.